The molecule has 0 nitrogen and oxygen atoms in total. The minimum absolute atomic E-state index is 0.287. The van der Waals surface area contributed by atoms with Crippen molar-refractivity contribution in [3.63, 3.8) is 0 Å². The molecule has 0 saturated carbocycles. The standard InChI is InChI=1S/C12H11S2/c1-10(11-6-3-2-4-7-11)14-12-8-5-9-13-12/h2-10H,1H2. The Bertz CT molecular complexity index is 364. The monoisotopic (exact) mass is 219 g/mol. The maximum Gasteiger partial charge on any atom is 0.0604 e. The van der Waals surface area contributed by atoms with Gasteiger partial charge in [-0.2, -0.15) is 0 Å². The number of thioether (sulfide) groups is 1. The van der Waals surface area contributed by atoms with E-state index >= 15 is 0 Å². The SMILES string of the molecule is [CH2]C(Sc1cccs1)c1ccccc1. The van der Waals surface area contributed by atoms with E-state index in [9.17, 15) is 0 Å². The van der Waals surface area contributed by atoms with Crippen molar-refractivity contribution >= 4 is 23.1 Å². The van der Waals surface area contributed by atoms with E-state index in [0.717, 1.165) is 0 Å². The van der Waals surface area contributed by atoms with Gasteiger partial charge in [0.1, 0.15) is 0 Å². The lowest BCUT2D eigenvalue weighted by atomic mass is 10.2. The summed E-state index contributed by atoms with van der Waals surface area (Å²) in [4.78, 5) is 0. The number of benzene rings is 1. The zero-order valence-electron chi connectivity index (χ0n) is 7.72. The van der Waals surface area contributed by atoms with Crippen molar-refractivity contribution < 1.29 is 0 Å². The van der Waals surface area contributed by atoms with E-state index in [1.807, 2.05) is 17.8 Å². The molecule has 0 fully saturated rings. The molecule has 0 N–H and O–H groups in total. The summed E-state index contributed by atoms with van der Waals surface area (Å²) in [5, 5.41) is 2.38. The molecule has 14 heavy (non-hydrogen) atoms. The molecule has 1 radical (unpaired) electrons. The molecule has 1 aromatic carbocycles. The first-order valence-corrected chi connectivity index (χ1v) is 6.20. The number of thiophene rings is 1. The molecule has 0 bridgehead atoms. The Morgan fingerprint density at radius 1 is 1.07 bits per heavy atom. The molecule has 0 amide bonds. The Hall–Kier alpha value is -0.730. The van der Waals surface area contributed by atoms with Crippen molar-refractivity contribution in [2.45, 2.75) is 9.46 Å². The zero-order valence-corrected chi connectivity index (χ0v) is 9.35. The Kier molecular flexibility index (Phi) is 3.27. The van der Waals surface area contributed by atoms with Crippen molar-refractivity contribution in [3.8, 4) is 0 Å². The third kappa shape index (κ3) is 2.40. The van der Waals surface area contributed by atoms with Crippen LogP contribution in [0.3, 0.4) is 0 Å². The molecular formula is C12H11S2. The lowest BCUT2D eigenvalue weighted by Gasteiger charge is -2.09. The van der Waals surface area contributed by atoms with Crippen LogP contribution >= 0.6 is 23.1 Å². The highest BCUT2D eigenvalue weighted by molar-refractivity contribution is 8.01. The highest BCUT2D eigenvalue weighted by Gasteiger charge is 2.06. The fourth-order valence-corrected chi connectivity index (χ4v) is 3.12. The summed E-state index contributed by atoms with van der Waals surface area (Å²) in [6.45, 7) is 4.15. The van der Waals surface area contributed by atoms with Crippen LogP contribution in [0, 0.1) is 6.92 Å². The second-order valence-electron chi connectivity index (χ2n) is 2.95. The Morgan fingerprint density at radius 3 is 2.50 bits per heavy atom. The van der Waals surface area contributed by atoms with Gasteiger partial charge in [-0.05, 0) is 23.9 Å². The summed E-state index contributed by atoms with van der Waals surface area (Å²) in [5.41, 5.74) is 1.28. The molecule has 1 atom stereocenters. The van der Waals surface area contributed by atoms with E-state index in [1.54, 1.807) is 11.3 Å². The molecule has 0 aliphatic rings. The van der Waals surface area contributed by atoms with Gasteiger partial charge < -0.3 is 0 Å². The third-order valence-electron chi connectivity index (χ3n) is 1.92. The summed E-state index contributed by atoms with van der Waals surface area (Å²) in [7, 11) is 0. The highest BCUT2D eigenvalue weighted by Crippen LogP contribution is 2.36. The maximum atomic E-state index is 4.15. The van der Waals surface area contributed by atoms with E-state index in [0.29, 0.717) is 0 Å². The largest absolute Gasteiger partial charge is 0.137 e. The fraction of sp³-hybridized carbons (Fsp3) is 0.0833. The summed E-state index contributed by atoms with van der Waals surface area (Å²) in [6.07, 6.45) is 0. The molecule has 1 heterocycles. The lowest BCUT2D eigenvalue weighted by Crippen LogP contribution is -1.86. The summed E-state index contributed by atoms with van der Waals surface area (Å²) < 4.78 is 1.33. The van der Waals surface area contributed by atoms with Gasteiger partial charge in [-0.1, -0.05) is 36.4 Å². The number of hydrogen-bond acceptors (Lipinski definition) is 2. The van der Waals surface area contributed by atoms with Crippen molar-refractivity contribution in [1.29, 1.82) is 0 Å². The first-order valence-electron chi connectivity index (χ1n) is 4.44. The molecule has 0 saturated heterocycles. The smallest absolute Gasteiger partial charge is 0.0604 e. The predicted octanol–water partition coefficient (Wildman–Crippen LogP) is 4.42. The van der Waals surface area contributed by atoms with E-state index in [2.05, 4.69) is 48.7 Å². The van der Waals surface area contributed by atoms with Gasteiger partial charge in [-0.25, -0.2) is 0 Å². The van der Waals surface area contributed by atoms with Crippen LogP contribution in [0.1, 0.15) is 10.8 Å². The van der Waals surface area contributed by atoms with Gasteiger partial charge >= 0.3 is 0 Å². The molecule has 2 aromatic rings. The quantitative estimate of drug-likeness (QED) is 0.689. The third-order valence-corrected chi connectivity index (χ3v) is 4.09. The van der Waals surface area contributed by atoms with Crippen LogP contribution in [0.15, 0.2) is 52.1 Å². The Morgan fingerprint density at radius 2 is 1.86 bits per heavy atom. The van der Waals surface area contributed by atoms with Crippen LogP contribution in [0.25, 0.3) is 0 Å². The van der Waals surface area contributed by atoms with Crippen molar-refractivity contribution in [3.05, 3.63) is 60.3 Å². The van der Waals surface area contributed by atoms with Crippen molar-refractivity contribution in [2.24, 2.45) is 0 Å². The fourth-order valence-electron chi connectivity index (χ4n) is 1.21. The number of hydrogen-bond donors (Lipinski definition) is 0. The van der Waals surface area contributed by atoms with Gasteiger partial charge in [0.25, 0.3) is 0 Å². The molecule has 1 aromatic heterocycles. The highest BCUT2D eigenvalue weighted by atomic mass is 32.2. The molecule has 0 aliphatic heterocycles. The van der Waals surface area contributed by atoms with E-state index < -0.39 is 0 Å². The summed E-state index contributed by atoms with van der Waals surface area (Å²) in [5.74, 6) is 0. The second kappa shape index (κ2) is 4.67. The topological polar surface area (TPSA) is 0 Å². The molecule has 0 aliphatic carbocycles. The van der Waals surface area contributed by atoms with Crippen LogP contribution < -0.4 is 0 Å². The molecular weight excluding hydrogens is 208 g/mol. The van der Waals surface area contributed by atoms with E-state index in [4.69, 9.17) is 0 Å². The van der Waals surface area contributed by atoms with Gasteiger partial charge in [-0.15, -0.1) is 23.1 Å². The second-order valence-corrected chi connectivity index (χ2v) is 5.40. The van der Waals surface area contributed by atoms with Crippen molar-refractivity contribution in [2.75, 3.05) is 0 Å². The van der Waals surface area contributed by atoms with E-state index in [-0.39, 0.29) is 5.25 Å². The predicted molar refractivity (Wildman–Crippen MR) is 64.7 cm³/mol. The van der Waals surface area contributed by atoms with Crippen LogP contribution in [0.2, 0.25) is 0 Å². The summed E-state index contributed by atoms with van der Waals surface area (Å²) in [6, 6.07) is 14.6. The van der Waals surface area contributed by atoms with Crippen LogP contribution in [0.4, 0.5) is 0 Å². The van der Waals surface area contributed by atoms with Gasteiger partial charge in [0.2, 0.25) is 0 Å². The molecule has 71 valence electrons. The van der Waals surface area contributed by atoms with Crippen LogP contribution in [-0.4, -0.2) is 0 Å². The van der Waals surface area contributed by atoms with Crippen LogP contribution in [0.5, 0.6) is 0 Å². The van der Waals surface area contributed by atoms with Gasteiger partial charge in [-0.3, -0.25) is 0 Å². The molecule has 2 rings (SSSR count). The van der Waals surface area contributed by atoms with Gasteiger partial charge in [0, 0.05) is 5.25 Å². The minimum atomic E-state index is 0.287. The maximum absolute atomic E-state index is 4.15. The Balaban J connectivity index is 2.07. The normalized spacial score (nSPS) is 12.6. The average Bonchev–Trinajstić information content (AvgIpc) is 2.72. The summed E-state index contributed by atoms with van der Waals surface area (Å²) >= 11 is 3.58. The van der Waals surface area contributed by atoms with Gasteiger partial charge in [0.15, 0.2) is 0 Å². The molecule has 2 heteroatoms. The van der Waals surface area contributed by atoms with Crippen molar-refractivity contribution in [1.82, 2.24) is 0 Å². The number of rotatable bonds is 3. The lowest BCUT2D eigenvalue weighted by molar-refractivity contribution is 1.23. The first kappa shape index (κ1) is 9.81. The van der Waals surface area contributed by atoms with E-state index in [1.165, 1.54) is 9.77 Å². The molecule has 1 unspecified atom stereocenters. The van der Waals surface area contributed by atoms with Crippen LogP contribution in [-0.2, 0) is 0 Å². The average molecular weight is 219 g/mol. The Labute approximate surface area is 93.0 Å². The first-order chi connectivity index (χ1) is 6.86. The van der Waals surface area contributed by atoms with Gasteiger partial charge in [0.05, 0.1) is 4.21 Å². The minimum Gasteiger partial charge on any atom is -0.137 e. The zero-order chi connectivity index (χ0) is 9.80. The molecule has 0 spiro atoms.